The molecule has 0 saturated heterocycles. The summed E-state index contributed by atoms with van der Waals surface area (Å²) in [5.41, 5.74) is 0. The summed E-state index contributed by atoms with van der Waals surface area (Å²) in [4.78, 5) is 1.41. The zero-order valence-electron chi connectivity index (χ0n) is 12.4. The predicted octanol–water partition coefficient (Wildman–Crippen LogP) is 2.81. The smallest absolute Gasteiger partial charge is 0.244 e. The maximum atomic E-state index is 12.8. The first-order chi connectivity index (χ1) is 9.46. The molecule has 1 saturated carbocycles. The summed E-state index contributed by atoms with van der Waals surface area (Å²) in [6.07, 6.45) is 3.25. The zero-order chi connectivity index (χ0) is 14.8. The van der Waals surface area contributed by atoms with Gasteiger partial charge in [-0.1, -0.05) is 6.92 Å². The van der Waals surface area contributed by atoms with Gasteiger partial charge in [0.25, 0.3) is 0 Å². The van der Waals surface area contributed by atoms with Gasteiger partial charge in [-0.2, -0.15) is 4.31 Å². The van der Waals surface area contributed by atoms with E-state index in [4.69, 9.17) is 0 Å². The molecule has 1 fully saturated rings. The van der Waals surface area contributed by atoms with Crippen LogP contribution in [0.5, 0.6) is 0 Å². The number of nitrogens with one attached hydrogen (secondary N) is 1. The average Bonchev–Trinajstić information content (AvgIpc) is 3.09. The maximum Gasteiger partial charge on any atom is 0.244 e. The summed E-state index contributed by atoms with van der Waals surface area (Å²) in [7, 11) is -3.37. The molecule has 0 unspecified atom stereocenters. The number of hydrogen-bond donors (Lipinski definition) is 1. The van der Waals surface area contributed by atoms with E-state index in [-0.39, 0.29) is 6.04 Å². The molecule has 1 aliphatic carbocycles. The van der Waals surface area contributed by atoms with Crippen LogP contribution < -0.4 is 5.32 Å². The molecule has 2 rings (SSSR count). The number of nitrogens with zero attached hydrogens (tertiary/aromatic N) is 1. The minimum atomic E-state index is -3.37. The fourth-order valence-electron chi connectivity index (χ4n) is 2.21. The molecule has 1 aliphatic rings. The Morgan fingerprint density at radius 1 is 1.45 bits per heavy atom. The molecule has 0 atom stereocenters. The minimum Gasteiger partial charge on any atom is -0.309 e. The molecule has 1 aromatic heterocycles. The van der Waals surface area contributed by atoms with E-state index in [0.29, 0.717) is 24.0 Å². The highest BCUT2D eigenvalue weighted by atomic mass is 32.2. The fourth-order valence-corrected chi connectivity index (χ4v) is 5.31. The van der Waals surface area contributed by atoms with Crippen molar-refractivity contribution in [2.24, 2.45) is 0 Å². The van der Waals surface area contributed by atoms with Gasteiger partial charge >= 0.3 is 0 Å². The van der Waals surface area contributed by atoms with Crippen molar-refractivity contribution < 1.29 is 8.42 Å². The first kappa shape index (κ1) is 15.9. The topological polar surface area (TPSA) is 49.4 Å². The second kappa shape index (κ2) is 6.56. The van der Waals surface area contributed by atoms with E-state index in [1.807, 2.05) is 26.2 Å². The molecule has 0 aliphatic heterocycles. The Bertz CT molecular complexity index is 533. The van der Waals surface area contributed by atoms with Crippen molar-refractivity contribution in [3.8, 4) is 0 Å². The third-order valence-corrected chi connectivity index (χ3v) is 6.65. The number of thiophene rings is 1. The molecule has 4 nitrogen and oxygen atoms in total. The molecule has 6 heteroatoms. The van der Waals surface area contributed by atoms with Crippen LogP contribution in [0.15, 0.2) is 16.3 Å². The van der Waals surface area contributed by atoms with Gasteiger partial charge < -0.3 is 5.32 Å². The molecule has 0 spiro atoms. The van der Waals surface area contributed by atoms with Gasteiger partial charge in [-0.25, -0.2) is 8.42 Å². The molecule has 1 N–H and O–H groups in total. The lowest BCUT2D eigenvalue weighted by atomic mass is 10.4. The van der Waals surface area contributed by atoms with Gasteiger partial charge in [0.2, 0.25) is 10.0 Å². The molecule has 0 aromatic carbocycles. The van der Waals surface area contributed by atoms with Crippen LogP contribution in [0.3, 0.4) is 0 Å². The van der Waals surface area contributed by atoms with Gasteiger partial charge in [0.1, 0.15) is 0 Å². The highest BCUT2D eigenvalue weighted by molar-refractivity contribution is 7.89. The molecule has 0 radical (unpaired) electrons. The third-order valence-electron chi connectivity index (χ3n) is 3.44. The van der Waals surface area contributed by atoms with E-state index in [2.05, 4.69) is 5.32 Å². The summed E-state index contributed by atoms with van der Waals surface area (Å²) in [6, 6.07) is 2.32. The Hall–Kier alpha value is -0.430. The van der Waals surface area contributed by atoms with Crippen molar-refractivity contribution in [1.82, 2.24) is 9.62 Å². The largest absolute Gasteiger partial charge is 0.309 e. The van der Waals surface area contributed by atoms with Crippen LogP contribution in [0.1, 0.15) is 44.9 Å². The summed E-state index contributed by atoms with van der Waals surface area (Å²) < 4.78 is 27.2. The lowest BCUT2D eigenvalue weighted by molar-refractivity contribution is 0.354. The van der Waals surface area contributed by atoms with Gasteiger partial charge in [-0.3, -0.25) is 0 Å². The molecule has 1 aromatic rings. The summed E-state index contributed by atoms with van der Waals surface area (Å²) >= 11 is 1.53. The van der Waals surface area contributed by atoms with Gasteiger partial charge in [-0.15, -0.1) is 11.3 Å². The second-order valence-electron chi connectivity index (χ2n) is 5.57. The highest BCUT2D eigenvalue weighted by Gasteiger charge is 2.29. The van der Waals surface area contributed by atoms with Crippen LogP contribution in [0, 0.1) is 0 Å². The standard InChI is InChI=1S/C14H24N2O2S2/c1-4-8-16(11(2)3)20(17,18)14-7-9-19-13(14)10-15-12-5-6-12/h7,9,11-12,15H,4-6,8,10H2,1-3H3. The van der Waals surface area contributed by atoms with Gasteiger partial charge in [0.15, 0.2) is 0 Å². The minimum absolute atomic E-state index is 0.0101. The maximum absolute atomic E-state index is 12.8. The van der Waals surface area contributed by atoms with Crippen LogP contribution >= 0.6 is 11.3 Å². The molecule has 0 amide bonds. The van der Waals surface area contributed by atoms with E-state index in [1.54, 1.807) is 10.4 Å². The lowest BCUT2D eigenvalue weighted by Crippen LogP contribution is -2.37. The summed E-state index contributed by atoms with van der Waals surface area (Å²) in [5.74, 6) is 0. The number of sulfonamides is 1. The Balaban J connectivity index is 2.20. The van der Waals surface area contributed by atoms with Gasteiger partial charge in [0, 0.05) is 30.1 Å². The Labute approximate surface area is 126 Å². The van der Waals surface area contributed by atoms with Crippen molar-refractivity contribution in [3.05, 3.63) is 16.3 Å². The molecular weight excluding hydrogens is 292 g/mol. The average molecular weight is 316 g/mol. The van der Waals surface area contributed by atoms with E-state index < -0.39 is 10.0 Å². The van der Waals surface area contributed by atoms with E-state index >= 15 is 0 Å². The van der Waals surface area contributed by atoms with Gasteiger partial charge in [0.05, 0.1) is 4.90 Å². The third kappa shape index (κ3) is 3.61. The van der Waals surface area contributed by atoms with E-state index in [1.165, 1.54) is 24.2 Å². The van der Waals surface area contributed by atoms with E-state index in [9.17, 15) is 8.42 Å². The molecule has 0 bridgehead atoms. The van der Waals surface area contributed by atoms with Crippen LogP contribution in [-0.4, -0.2) is 31.4 Å². The van der Waals surface area contributed by atoms with Crippen LogP contribution in [0.2, 0.25) is 0 Å². The molecule has 20 heavy (non-hydrogen) atoms. The zero-order valence-corrected chi connectivity index (χ0v) is 14.1. The Kier molecular flexibility index (Phi) is 5.23. The summed E-state index contributed by atoms with van der Waals surface area (Å²) in [6.45, 7) is 7.11. The van der Waals surface area contributed by atoms with Crippen molar-refractivity contribution >= 4 is 21.4 Å². The van der Waals surface area contributed by atoms with E-state index in [0.717, 1.165) is 11.3 Å². The lowest BCUT2D eigenvalue weighted by Gasteiger charge is -2.25. The Morgan fingerprint density at radius 2 is 2.15 bits per heavy atom. The van der Waals surface area contributed by atoms with Crippen LogP contribution in [0.25, 0.3) is 0 Å². The second-order valence-corrected chi connectivity index (χ2v) is 8.43. The van der Waals surface area contributed by atoms with Crippen molar-refractivity contribution in [2.75, 3.05) is 6.54 Å². The number of hydrogen-bond acceptors (Lipinski definition) is 4. The highest BCUT2D eigenvalue weighted by Crippen LogP contribution is 2.28. The van der Waals surface area contributed by atoms with Crippen LogP contribution in [0.4, 0.5) is 0 Å². The first-order valence-electron chi connectivity index (χ1n) is 7.28. The Morgan fingerprint density at radius 3 is 2.70 bits per heavy atom. The first-order valence-corrected chi connectivity index (χ1v) is 9.60. The predicted molar refractivity (Wildman–Crippen MR) is 83.5 cm³/mol. The quantitative estimate of drug-likeness (QED) is 0.802. The fraction of sp³-hybridized carbons (Fsp3) is 0.714. The molecular formula is C14H24N2O2S2. The summed E-state index contributed by atoms with van der Waals surface area (Å²) in [5, 5.41) is 5.28. The van der Waals surface area contributed by atoms with Gasteiger partial charge in [-0.05, 0) is 44.6 Å². The molecule has 114 valence electrons. The van der Waals surface area contributed by atoms with Crippen molar-refractivity contribution in [2.45, 2.75) is 63.6 Å². The van der Waals surface area contributed by atoms with Crippen molar-refractivity contribution in [3.63, 3.8) is 0 Å². The monoisotopic (exact) mass is 316 g/mol. The number of rotatable bonds is 8. The van der Waals surface area contributed by atoms with Crippen molar-refractivity contribution in [1.29, 1.82) is 0 Å². The normalized spacial score (nSPS) is 16.2. The van der Waals surface area contributed by atoms with Crippen LogP contribution in [-0.2, 0) is 16.6 Å². The SMILES string of the molecule is CCCN(C(C)C)S(=O)(=O)c1ccsc1CNC1CC1. The molecule has 1 heterocycles.